The molecule has 0 bridgehead atoms. The van der Waals surface area contributed by atoms with Gasteiger partial charge in [0.25, 0.3) is 0 Å². The quantitative estimate of drug-likeness (QED) is 0.235. The lowest BCUT2D eigenvalue weighted by Gasteiger charge is -2.33. The van der Waals surface area contributed by atoms with Crippen molar-refractivity contribution in [3.8, 4) is 5.75 Å². The molecule has 1 aliphatic carbocycles. The summed E-state index contributed by atoms with van der Waals surface area (Å²) in [5, 5.41) is 3.07. The van der Waals surface area contributed by atoms with Crippen LogP contribution < -0.4 is 10.1 Å². The third-order valence-corrected chi connectivity index (χ3v) is 6.77. The number of carbonyl (C=O) groups is 3. The molecule has 1 aromatic rings. The molecule has 0 aromatic heterocycles. The standard InChI is InChI=1S/C29H43NO7/c1-5-11-23(27(32)36-7-3)19-29(14-8-9-15-29)28(33)30-24(18-26(31)37-16-6-2)21-35-20-22-12-10-13-25(17-22)34-4/h6,10,12-13,17,23-24H,2,5,7-9,11,14-16,18-21H2,1,3-4H3,(H,30,33). The number of nitrogens with one attached hydrogen (secondary N) is 1. The molecule has 37 heavy (non-hydrogen) atoms. The molecule has 2 rings (SSSR count). The summed E-state index contributed by atoms with van der Waals surface area (Å²) in [6, 6.07) is 6.96. The molecule has 8 nitrogen and oxygen atoms in total. The van der Waals surface area contributed by atoms with Crippen molar-refractivity contribution < 1.29 is 33.3 Å². The van der Waals surface area contributed by atoms with Gasteiger partial charge in [-0.3, -0.25) is 14.4 Å². The Hall–Kier alpha value is -2.87. The van der Waals surface area contributed by atoms with Crippen LogP contribution in [0.5, 0.6) is 5.75 Å². The zero-order valence-corrected chi connectivity index (χ0v) is 22.6. The maximum Gasteiger partial charge on any atom is 0.308 e. The van der Waals surface area contributed by atoms with E-state index in [1.165, 1.54) is 6.08 Å². The number of benzene rings is 1. The minimum absolute atomic E-state index is 0.0238. The number of ether oxygens (including phenoxy) is 4. The Bertz CT molecular complexity index is 879. The van der Waals surface area contributed by atoms with Crippen molar-refractivity contribution in [3.63, 3.8) is 0 Å². The molecule has 206 valence electrons. The molecule has 1 saturated carbocycles. The number of amides is 1. The fourth-order valence-electron chi connectivity index (χ4n) is 4.94. The van der Waals surface area contributed by atoms with E-state index >= 15 is 0 Å². The van der Waals surface area contributed by atoms with E-state index in [0.29, 0.717) is 38.9 Å². The molecule has 0 radical (unpaired) electrons. The second-order valence-corrected chi connectivity index (χ2v) is 9.64. The van der Waals surface area contributed by atoms with Crippen LogP contribution in [0.3, 0.4) is 0 Å². The van der Waals surface area contributed by atoms with Crippen molar-refractivity contribution >= 4 is 17.8 Å². The number of methoxy groups -OCH3 is 1. The molecular weight excluding hydrogens is 474 g/mol. The second-order valence-electron chi connectivity index (χ2n) is 9.64. The van der Waals surface area contributed by atoms with Crippen molar-refractivity contribution in [1.29, 1.82) is 0 Å². The van der Waals surface area contributed by atoms with Gasteiger partial charge in [0.2, 0.25) is 5.91 Å². The third-order valence-electron chi connectivity index (χ3n) is 6.77. The molecule has 8 heteroatoms. The van der Waals surface area contributed by atoms with Crippen LogP contribution in [-0.2, 0) is 35.2 Å². The zero-order chi connectivity index (χ0) is 27.1. The Kier molecular flexibility index (Phi) is 13.2. The number of carbonyl (C=O) groups excluding carboxylic acids is 3. The second kappa shape index (κ2) is 16.1. The van der Waals surface area contributed by atoms with Crippen molar-refractivity contribution in [2.24, 2.45) is 11.3 Å². The predicted molar refractivity (Wildman–Crippen MR) is 141 cm³/mol. The Labute approximate surface area is 221 Å². The van der Waals surface area contributed by atoms with Crippen LogP contribution in [0.15, 0.2) is 36.9 Å². The SMILES string of the molecule is C=CCOC(=O)CC(COCc1cccc(OC)c1)NC(=O)C1(CC(CCC)C(=O)OCC)CCCC1. The largest absolute Gasteiger partial charge is 0.497 e. The Morgan fingerprint density at radius 1 is 1.16 bits per heavy atom. The summed E-state index contributed by atoms with van der Waals surface area (Å²) in [7, 11) is 1.60. The Morgan fingerprint density at radius 3 is 2.57 bits per heavy atom. The normalized spacial score (nSPS) is 15.9. The van der Waals surface area contributed by atoms with Crippen LogP contribution in [0.4, 0.5) is 0 Å². The maximum absolute atomic E-state index is 13.7. The van der Waals surface area contributed by atoms with Gasteiger partial charge >= 0.3 is 11.9 Å². The summed E-state index contributed by atoms with van der Waals surface area (Å²) in [6.45, 7) is 8.25. The molecule has 1 fully saturated rings. The summed E-state index contributed by atoms with van der Waals surface area (Å²) in [5.74, 6) is -0.415. The summed E-state index contributed by atoms with van der Waals surface area (Å²) >= 11 is 0. The van der Waals surface area contributed by atoms with E-state index in [1.54, 1.807) is 14.0 Å². The van der Waals surface area contributed by atoms with Crippen molar-refractivity contribution in [1.82, 2.24) is 5.32 Å². The van der Waals surface area contributed by atoms with Gasteiger partial charge in [0, 0.05) is 0 Å². The molecule has 1 N–H and O–H groups in total. The summed E-state index contributed by atoms with van der Waals surface area (Å²) in [6.07, 6.45) is 6.69. The van der Waals surface area contributed by atoms with E-state index < -0.39 is 17.4 Å². The minimum Gasteiger partial charge on any atom is -0.497 e. The zero-order valence-electron chi connectivity index (χ0n) is 22.6. The van der Waals surface area contributed by atoms with Crippen LogP contribution in [0.25, 0.3) is 0 Å². The highest BCUT2D eigenvalue weighted by atomic mass is 16.5. The predicted octanol–water partition coefficient (Wildman–Crippen LogP) is 4.75. The smallest absolute Gasteiger partial charge is 0.308 e. The van der Waals surface area contributed by atoms with Crippen molar-refractivity contribution in [3.05, 3.63) is 42.5 Å². The van der Waals surface area contributed by atoms with E-state index in [0.717, 1.165) is 30.6 Å². The van der Waals surface area contributed by atoms with Crippen LogP contribution in [-0.4, -0.2) is 50.8 Å². The van der Waals surface area contributed by atoms with E-state index in [2.05, 4.69) is 11.9 Å². The molecule has 1 aromatic carbocycles. The van der Waals surface area contributed by atoms with E-state index in [1.807, 2.05) is 31.2 Å². The van der Waals surface area contributed by atoms with Gasteiger partial charge in [-0.1, -0.05) is 51.0 Å². The molecule has 0 heterocycles. The van der Waals surface area contributed by atoms with Crippen molar-refractivity contribution in [2.75, 3.05) is 26.9 Å². The van der Waals surface area contributed by atoms with Gasteiger partial charge in [0.15, 0.2) is 0 Å². The fraction of sp³-hybridized carbons (Fsp3) is 0.621. The average Bonchev–Trinajstić information content (AvgIpc) is 3.37. The van der Waals surface area contributed by atoms with Gasteiger partial charge in [-0.15, -0.1) is 0 Å². The highest BCUT2D eigenvalue weighted by molar-refractivity contribution is 5.85. The van der Waals surface area contributed by atoms with Gasteiger partial charge in [-0.05, 0) is 50.3 Å². The number of esters is 2. The van der Waals surface area contributed by atoms with Crippen LogP contribution in [0, 0.1) is 11.3 Å². The summed E-state index contributed by atoms with van der Waals surface area (Å²) < 4.78 is 21.6. The van der Waals surface area contributed by atoms with E-state index in [4.69, 9.17) is 18.9 Å². The first kappa shape index (κ1) is 30.4. The van der Waals surface area contributed by atoms with Crippen molar-refractivity contribution in [2.45, 2.75) is 77.9 Å². The van der Waals surface area contributed by atoms with Gasteiger partial charge in [-0.25, -0.2) is 0 Å². The topological polar surface area (TPSA) is 100 Å². The highest BCUT2D eigenvalue weighted by Gasteiger charge is 2.44. The molecular formula is C29H43NO7. The highest BCUT2D eigenvalue weighted by Crippen LogP contribution is 2.44. The molecule has 2 unspecified atom stereocenters. The van der Waals surface area contributed by atoms with Crippen LogP contribution >= 0.6 is 0 Å². The first-order chi connectivity index (χ1) is 17.9. The van der Waals surface area contributed by atoms with Gasteiger partial charge in [0.05, 0.1) is 50.7 Å². The van der Waals surface area contributed by atoms with Gasteiger partial charge in [-0.2, -0.15) is 0 Å². The maximum atomic E-state index is 13.7. The Morgan fingerprint density at radius 2 is 1.92 bits per heavy atom. The molecule has 2 atom stereocenters. The van der Waals surface area contributed by atoms with Gasteiger partial charge < -0.3 is 24.3 Å². The minimum atomic E-state index is -0.664. The van der Waals surface area contributed by atoms with E-state index in [9.17, 15) is 14.4 Å². The summed E-state index contributed by atoms with van der Waals surface area (Å²) in [5.41, 5.74) is 0.255. The number of rotatable bonds is 17. The summed E-state index contributed by atoms with van der Waals surface area (Å²) in [4.78, 5) is 38.7. The number of hydrogen-bond donors (Lipinski definition) is 1. The van der Waals surface area contributed by atoms with E-state index in [-0.39, 0.29) is 37.4 Å². The third kappa shape index (κ3) is 9.84. The monoisotopic (exact) mass is 517 g/mol. The molecule has 0 saturated heterocycles. The fourth-order valence-corrected chi connectivity index (χ4v) is 4.94. The first-order valence-corrected chi connectivity index (χ1v) is 13.3. The number of hydrogen-bond acceptors (Lipinski definition) is 7. The Balaban J connectivity index is 2.12. The average molecular weight is 518 g/mol. The molecule has 0 aliphatic heterocycles. The lowest BCUT2D eigenvalue weighted by molar-refractivity contribution is -0.150. The van der Waals surface area contributed by atoms with Gasteiger partial charge in [0.1, 0.15) is 12.4 Å². The van der Waals surface area contributed by atoms with Crippen LogP contribution in [0.1, 0.15) is 70.8 Å². The lowest BCUT2D eigenvalue weighted by Crippen LogP contribution is -2.48. The lowest BCUT2D eigenvalue weighted by atomic mass is 9.75. The van der Waals surface area contributed by atoms with Crippen LogP contribution in [0.2, 0.25) is 0 Å². The first-order valence-electron chi connectivity index (χ1n) is 13.3. The molecule has 1 amide bonds. The molecule has 0 spiro atoms. The molecule has 1 aliphatic rings.